The van der Waals surface area contributed by atoms with Gasteiger partial charge in [-0.2, -0.15) is 0 Å². The summed E-state index contributed by atoms with van der Waals surface area (Å²) in [6, 6.07) is -1.27. The van der Waals surface area contributed by atoms with E-state index < -0.39 is 36.3 Å². The van der Waals surface area contributed by atoms with Gasteiger partial charge in [0, 0.05) is 0 Å². The molecule has 0 saturated carbocycles. The minimum atomic E-state index is -2.63. The minimum absolute atomic E-state index is 0.143. The zero-order valence-corrected chi connectivity index (χ0v) is 11.9. The first-order valence-electron chi connectivity index (χ1n) is 7.73. The van der Waals surface area contributed by atoms with Crippen LogP contribution in [0, 0.1) is 5.92 Å². The molecule has 114 valence electrons. The van der Waals surface area contributed by atoms with Gasteiger partial charge in [-0.05, 0) is 31.7 Å². The van der Waals surface area contributed by atoms with Crippen LogP contribution in [0.2, 0.25) is 0 Å². The van der Waals surface area contributed by atoms with Crippen molar-refractivity contribution in [2.24, 2.45) is 17.4 Å². The Morgan fingerprint density at radius 3 is 2.55 bits per heavy atom. The van der Waals surface area contributed by atoms with Gasteiger partial charge >= 0.3 is 0 Å². The van der Waals surface area contributed by atoms with Crippen LogP contribution >= 0.6 is 0 Å². The number of hydrogen-bond donors (Lipinski definition) is 3. The average molecular weight is 286 g/mol. The van der Waals surface area contributed by atoms with Gasteiger partial charge in [-0.3, -0.25) is 19.3 Å². The van der Waals surface area contributed by atoms with E-state index in [1.54, 1.807) is 4.90 Å². The van der Waals surface area contributed by atoms with Crippen molar-refractivity contribution in [2.75, 3.05) is 13.0 Å². The lowest BCUT2D eigenvalue weighted by molar-refractivity contribution is -0.132. The maximum atomic E-state index is 12.4. The number of nitrogens with two attached hydrogens (primary N) is 2. The van der Waals surface area contributed by atoms with Crippen molar-refractivity contribution < 1.29 is 17.1 Å². The predicted octanol–water partition coefficient (Wildman–Crippen LogP) is -1.05. The molecule has 2 atom stereocenters. The van der Waals surface area contributed by atoms with Crippen LogP contribution in [-0.2, 0) is 14.4 Å². The van der Waals surface area contributed by atoms with E-state index in [4.69, 9.17) is 14.2 Å². The molecule has 0 aromatic heterocycles. The SMILES string of the molecule is [2H]C([2H])(NC(=O)[C@H](CC(C)C)N1CCCC1C(N)=O)C(N)=O. The fourth-order valence-electron chi connectivity index (χ4n) is 2.51. The topological polar surface area (TPSA) is 119 Å². The van der Waals surface area contributed by atoms with Crippen molar-refractivity contribution in [1.82, 2.24) is 10.2 Å². The van der Waals surface area contributed by atoms with Gasteiger partial charge in [0.2, 0.25) is 17.7 Å². The fourth-order valence-corrected chi connectivity index (χ4v) is 2.51. The molecule has 0 radical (unpaired) electrons. The van der Waals surface area contributed by atoms with Gasteiger partial charge in [0.25, 0.3) is 0 Å². The summed E-state index contributed by atoms with van der Waals surface area (Å²) in [5.41, 5.74) is 10.3. The van der Waals surface area contributed by atoms with E-state index in [2.05, 4.69) is 0 Å². The first-order chi connectivity index (χ1) is 10.1. The van der Waals surface area contributed by atoms with Crippen LogP contribution in [0.15, 0.2) is 0 Å². The van der Waals surface area contributed by atoms with E-state index in [-0.39, 0.29) is 5.92 Å². The summed E-state index contributed by atoms with van der Waals surface area (Å²) in [5.74, 6) is -2.29. The summed E-state index contributed by atoms with van der Waals surface area (Å²) in [6.07, 6.45) is 1.72. The lowest BCUT2D eigenvalue weighted by atomic mass is 10.0. The van der Waals surface area contributed by atoms with E-state index in [1.807, 2.05) is 19.2 Å². The van der Waals surface area contributed by atoms with E-state index >= 15 is 0 Å². The van der Waals surface area contributed by atoms with Crippen molar-refractivity contribution >= 4 is 17.7 Å². The second-order valence-corrected chi connectivity index (χ2v) is 5.42. The number of nitrogens with one attached hydrogen (secondary N) is 1. The number of rotatable bonds is 7. The third-order valence-corrected chi connectivity index (χ3v) is 3.33. The zero-order chi connectivity index (χ0) is 17.1. The largest absolute Gasteiger partial charge is 0.368 e. The van der Waals surface area contributed by atoms with Crippen LogP contribution in [-0.4, -0.2) is 47.7 Å². The highest BCUT2D eigenvalue weighted by atomic mass is 16.2. The number of amides is 3. The predicted molar refractivity (Wildman–Crippen MR) is 74.4 cm³/mol. The van der Waals surface area contributed by atoms with Gasteiger partial charge in [0.05, 0.1) is 21.3 Å². The van der Waals surface area contributed by atoms with E-state index in [9.17, 15) is 14.4 Å². The Balaban J connectivity index is 2.95. The maximum Gasteiger partial charge on any atom is 0.237 e. The average Bonchev–Trinajstić information content (AvgIpc) is 2.83. The quantitative estimate of drug-likeness (QED) is 0.553. The van der Waals surface area contributed by atoms with Crippen LogP contribution in [0.3, 0.4) is 0 Å². The lowest BCUT2D eigenvalue weighted by Crippen LogP contribution is -2.53. The highest BCUT2D eigenvalue weighted by Gasteiger charge is 2.37. The van der Waals surface area contributed by atoms with Gasteiger partial charge < -0.3 is 16.8 Å². The summed E-state index contributed by atoms with van der Waals surface area (Å²) in [4.78, 5) is 36.6. The Morgan fingerprint density at radius 1 is 1.40 bits per heavy atom. The molecule has 1 aliphatic heterocycles. The van der Waals surface area contributed by atoms with Crippen LogP contribution in [0.5, 0.6) is 0 Å². The highest BCUT2D eigenvalue weighted by molar-refractivity contribution is 5.88. The number of carbonyl (C=O) groups is 3. The molecule has 5 N–H and O–H groups in total. The van der Waals surface area contributed by atoms with Gasteiger partial charge in [0.1, 0.15) is 0 Å². The first-order valence-corrected chi connectivity index (χ1v) is 6.73. The molecule has 7 nitrogen and oxygen atoms in total. The first kappa shape index (κ1) is 13.4. The Kier molecular flexibility index (Phi) is 4.83. The minimum Gasteiger partial charge on any atom is -0.368 e. The number of nitrogens with zero attached hydrogens (tertiary/aromatic N) is 1. The van der Waals surface area contributed by atoms with Crippen molar-refractivity contribution in [3.63, 3.8) is 0 Å². The molecule has 1 unspecified atom stereocenters. The van der Waals surface area contributed by atoms with Crippen molar-refractivity contribution in [3.05, 3.63) is 0 Å². The molecule has 3 amide bonds. The molecule has 0 spiro atoms. The molecule has 1 heterocycles. The monoisotopic (exact) mass is 286 g/mol. The standard InChI is InChI=1S/C13H24N4O3/c1-8(2)6-10(13(20)16-7-11(14)18)17-5-3-4-9(17)12(15)19/h8-10H,3-7H2,1-2H3,(H2,14,18)(H2,15,19)(H,16,20)/t9?,10-/m0/s1/i7D2. The number of hydrogen-bond acceptors (Lipinski definition) is 4. The number of primary amides is 2. The van der Waals surface area contributed by atoms with Crippen molar-refractivity contribution in [2.45, 2.75) is 45.2 Å². The lowest BCUT2D eigenvalue weighted by Gasteiger charge is -2.31. The summed E-state index contributed by atoms with van der Waals surface area (Å²) < 4.78 is 14.9. The smallest absolute Gasteiger partial charge is 0.237 e. The Labute approximate surface area is 121 Å². The summed E-state index contributed by atoms with van der Waals surface area (Å²) in [5, 5.41) is 2.02. The van der Waals surface area contributed by atoms with Crippen LogP contribution in [0.4, 0.5) is 0 Å². The molecule has 0 aliphatic carbocycles. The molecule has 1 fully saturated rings. The number of likely N-dealkylation sites (tertiary alicyclic amines) is 1. The molecule has 1 rings (SSSR count). The second-order valence-electron chi connectivity index (χ2n) is 5.42. The third-order valence-electron chi connectivity index (χ3n) is 3.33. The van der Waals surface area contributed by atoms with Crippen molar-refractivity contribution in [3.8, 4) is 0 Å². The summed E-state index contributed by atoms with van der Waals surface area (Å²) in [7, 11) is 0. The molecule has 0 aromatic rings. The molecular weight excluding hydrogens is 260 g/mol. The van der Waals surface area contributed by atoms with Crippen LogP contribution in [0.25, 0.3) is 0 Å². The Hall–Kier alpha value is -1.63. The molecule has 1 aliphatic rings. The maximum absolute atomic E-state index is 12.4. The van der Waals surface area contributed by atoms with Crippen LogP contribution < -0.4 is 16.8 Å². The second kappa shape index (κ2) is 7.23. The molecular formula is C13H24N4O3. The summed E-state index contributed by atoms with van der Waals surface area (Å²) in [6.45, 7) is 1.73. The number of carbonyl (C=O) groups excluding carboxylic acids is 3. The third kappa shape index (κ3) is 4.48. The fraction of sp³-hybridized carbons (Fsp3) is 0.769. The van der Waals surface area contributed by atoms with Gasteiger partial charge in [-0.25, -0.2) is 0 Å². The van der Waals surface area contributed by atoms with Crippen molar-refractivity contribution in [1.29, 1.82) is 0 Å². The highest BCUT2D eigenvalue weighted by Crippen LogP contribution is 2.23. The summed E-state index contributed by atoms with van der Waals surface area (Å²) >= 11 is 0. The van der Waals surface area contributed by atoms with Crippen LogP contribution in [0.1, 0.15) is 35.9 Å². The van der Waals surface area contributed by atoms with Gasteiger partial charge in [0.15, 0.2) is 0 Å². The van der Waals surface area contributed by atoms with Gasteiger partial charge in [-0.1, -0.05) is 13.8 Å². The molecule has 20 heavy (non-hydrogen) atoms. The van der Waals surface area contributed by atoms with Gasteiger partial charge in [-0.15, -0.1) is 0 Å². The Morgan fingerprint density at radius 2 is 2.05 bits per heavy atom. The van der Waals surface area contributed by atoms with E-state index in [1.165, 1.54) is 0 Å². The molecule has 1 saturated heterocycles. The molecule has 0 bridgehead atoms. The zero-order valence-electron chi connectivity index (χ0n) is 13.9. The van der Waals surface area contributed by atoms with E-state index in [0.29, 0.717) is 19.4 Å². The van der Waals surface area contributed by atoms with E-state index in [0.717, 1.165) is 6.42 Å². The Bertz CT molecular complexity index is 457. The molecule has 0 aromatic carbocycles. The normalized spacial score (nSPS) is 23.1. The molecule has 7 heteroatoms.